The van der Waals surface area contributed by atoms with Crippen LogP contribution in [0.1, 0.15) is 11.3 Å². The van der Waals surface area contributed by atoms with E-state index in [1.54, 1.807) is 13.0 Å². The van der Waals surface area contributed by atoms with E-state index in [1.165, 1.54) is 17.0 Å². The molecule has 1 aromatic carbocycles. The smallest absolute Gasteiger partial charge is 0.253 e. The normalized spacial score (nSPS) is 10.3. The number of carbonyl (C=O) groups excluding carboxylic acids is 1. The number of halogens is 1. The van der Waals surface area contributed by atoms with E-state index in [1.807, 2.05) is 19.1 Å². The van der Waals surface area contributed by atoms with Crippen LogP contribution in [-0.2, 0) is 11.3 Å². The highest BCUT2D eigenvalue weighted by molar-refractivity contribution is 9.10. The van der Waals surface area contributed by atoms with Gasteiger partial charge in [0.2, 0.25) is 5.91 Å². The van der Waals surface area contributed by atoms with Crippen molar-refractivity contribution in [3.05, 3.63) is 56.7 Å². The monoisotopic (exact) mass is 335 g/mol. The van der Waals surface area contributed by atoms with Gasteiger partial charge in [-0.15, -0.1) is 0 Å². The molecule has 0 aliphatic rings. The van der Waals surface area contributed by atoms with Crippen molar-refractivity contribution in [1.29, 1.82) is 0 Å². The summed E-state index contributed by atoms with van der Waals surface area (Å²) in [4.78, 5) is 27.6. The summed E-state index contributed by atoms with van der Waals surface area (Å²) in [6.07, 6.45) is 1.38. The Morgan fingerprint density at radius 1 is 1.35 bits per heavy atom. The van der Waals surface area contributed by atoms with E-state index in [-0.39, 0.29) is 18.0 Å². The van der Waals surface area contributed by atoms with E-state index in [0.717, 1.165) is 10.0 Å². The minimum absolute atomic E-state index is 0.0543. The van der Waals surface area contributed by atoms with Gasteiger partial charge < -0.3 is 5.32 Å². The first-order valence-corrected chi connectivity index (χ1v) is 6.84. The van der Waals surface area contributed by atoms with Gasteiger partial charge in [-0.25, -0.2) is 4.98 Å². The highest BCUT2D eigenvalue weighted by Crippen LogP contribution is 2.19. The lowest BCUT2D eigenvalue weighted by atomic mass is 10.2. The first kappa shape index (κ1) is 14.5. The van der Waals surface area contributed by atoms with Crippen molar-refractivity contribution in [1.82, 2.24) is 9.55 Å². The second-order valence-corrected chi connectivity index (χ2v) is 5.36. The molecule has 0 unspecified atom stereocenters. The molecule has 0 aliphatic heterocycles. The molecule has 0 spiro atoms. The van der Waals surface area contributed by atoms with Gasteiger partial charge in [0.25, 0.3) is 5.56 Å². The number of anilines is 1. The minimum Gasteiger partial charge on any atom is -0.325 e. The third-order valence-corrected chi connectivity index (χ3v) is 3.66. The quantitative estimate of drug-likeness (QED) is 0.935. The Morgan fingerprint density at radius 2 is 2.10 bits per heavy atom. The van der Waals surface area contributed by atoms with Crippen LogP contribution in [0, 0.1) is 13.8 Å². The van der Waals surface area contributed by atoms with Gasteiger partial charge in [-0.3, -0.25) is 14.2 Å². The van der Waals surface area contributed by atoms with Gasteiger partial charge >= 0.3 is 0 Å². The van der Waals surface area contributed by atoms with E-state index in [9.17, 15) is 9.59 Å². The van der Waals surface area contributed by atoms with Gasteiger partial charge in [0.15, 0.2) is 0 Å². The molecule has 1 heterocycles. The molecule has 0 saturated heterocycles. The molecule has 5 nitrogen and oxygen atoms in total. The summed E-state index contributed by atoms with van der Waals surface area (Å²) in [7, 11) is 0. The number of aromatic nitrogens is 2. The number of aryl methyl sites for hydroxylation is 2. The number of nitrogens with zero attached hydrogens (tertiary/aromatic N) is 2. The summed E-state index contributed by atoms with van der Waals surface area (Å²) in [5.74, 6) is -0.264. The average Bonchev–Trinajstić information content (AvgIpc) is 2.37. The molecule has 0 radical (unpaired) electrons. The van der Waals surface area contributed by atoms with Crippen LogP contribution in [0.25, 0.3) is 0 Å². The van der Waals surface area contributed by atoms with E-state index in [2.05, 4.69) is 26.2 Å². The predicted octanol–water partition coefficient (Wildman–Crippen LogP) is 2.26. The van der Waals surface area contributed by atoms with Gasteiger partial charge in [-0.1, -0.05) is 15.9 Å². The number of amides is 1. The van der Waals surface area contributed by atoms with Gasteiger partial charge in [0.1, 0.15) is 6.54 Å². The maximum Gasteiger partial charge on any atom is 0.253 e. The van der Waals surface area contributed by atoms with Gasteiger partial charge in [0.05, 0.1) is 6.33 Å². The van der Waals surface area contributed by atoms with Crippen molar-refractivity contribution in [2.45, 2.75) is 20.4 Å². The zero-order valence-electron chi connectivity index (χ0n) is 11.2. The van der Waals surface area contributed by atoms with E-state index >= 15 is 0 Å². The Bertz CT molecular complexity index is 710. The SMILES string of the molecule is Cc1cc(=O)n(CC(=O)Nc2ccc(Br)c(C)c2)cn1. The lowest BCUT2D eigenvalue weighted by Gasteiger charge is -2.08. The fourth-order valence-electron chi connectivity index (χ4n) is 1.71. The van der Waals surface area contributed by atoms with Crippen LogP contribution in [0.2, 0.25) is 0 Å². The lowest BCUT2D eigenvalue weighted by Crippen LogP contribution is -2.27. The maximum absolute atomic E-state index is 11.9. The zero-order chi connectivity index (χ0) is 14.7. The van der Waals surface area contributed by atoms with Gasteiger partial charge in [-0.2, -0.15) is 0 Å². The Morgan fingerprint density at radius 3 is 2.75 bits per heavy atom. The van der Waals surface area contributed by atoms with Gasteiger partial charge in [-0.05, 0) is 37.6 Å². The zero-order valence-corrected chi connectivity index (χ0v) is 12.8. The Balaban J connectivity index is 2.09. The summed E-state index contributed by atoms with van der Waals surface area (Å²) < 4.78 is 2.25. The van der Waals surface area contributed by atoms with Crippen LogP contribution in [-0.4, -0.2) is 15.5 Å². The molecule has 0 saturated carbocycles. The van der Waals surface area contributed by atoms with E-state index in [4.69, 9.17) is 0 Å². The maximum atomic E-state index is 11.9. The standard InChI is InChI=1S/C14H14BrN3O2/c1-9-5-11(3-4-12(9)15)17-13(19)7-18-8-16-10(2)6-14(18)20/h3-6,8H,7H2,1-2H3,(H,17,19). The van der Waals surface area contributed by atoms with E-state index < -0.39 is 0 Å². The summed E-state index contributed by atoms with van der Waals surface area (Å²) in [5.41, 5.74) is 2.12. The average molecular weight is 336 g/mol. The Hall–Kier alpha value is -1.95. The van der Waals surface area contributed by atoms with Crippen molar-refractivity contribution >= 4 is 27.5 Å². The van der Waals surface area contributed by atoms with Gasteiger partial charge in [0, 0.05) is 21.9 Å². The first-order valence-electron chi connectivity index (χ1n) is 6.05. The third-order valence-electron chi connectivity index (χ3n) is 2.77. The molecule has 0 fully saturated rings. The molecular formula is C14H14BrN3O2. The predicted molar refractivity (Wildman–Crippen MR) is 80.7 cm³/mol. The second kappa shape index (κ2) is 6.00. The van der Waals surface area contributed by atoms with Crippen LogP contribution in [0.3, 0.4) is 0 Å². The number of nitrogens with one attached hydrogen (secondary N) is 1. The first-order chi connectivity index (χ1) is 9.45. The number of hydrogen-bond donors (Lipinski definition) is 1. The minimum atomic E-state index is -0.264. The summed E-state index contributed by atoms with van der Waals surface area (Å²) in [6.45, 7) is 3.62. The van der Waals surface area contributed by atoms with Crippen LogP contribution < -0.4 is 10.9 Å². The molecule has 2 rings (SSSR count). The van der Waals surface area contributed by atoms with Crippen LogP contribution >= 0.6 is 15.9 Å². The molecule has 2 aromatic rings. The van der Waals surface area contributed by atoms with Crippen molar-refractivity contribution in [3.63, 3.8) is 0 Å². The number of carbonyl (C=O) groups is 1. The van der Waals surface area contributed by atoms with Crippen molar-refractivity contribution in [2.24, 2.45) is 0 Å². The second-order valence-electron chi connectivity index (χ2n) is 4.51. The van der Waals surface area contributed by atoms with Crippen LogP contribution in [0.4, 0.5) is 5.69 Å². The lowest BCUT2D eigenvalue weighted by molar-refractivity contribution is -0.116. The molecule has 1 amide bonds. The van der Waals surface area contributed by atoms with Crippen LogP contribution in [0.5, 0.6) is 0 Å². The highest BCUT2D eigenvalue weighted by Gasteiger charge is 2.06. The topological polar surface area (TPSA) is 64.0 Å². The third kappa shape index (κ3) is 3.54. The Labute approximate surface area is 124 Å². The molecule has 1 aromatic heterocycles. The van der Waals surface area contributed by atoms with Crippen LogP contribution in [0.15, 0.2) is 39.9 Å². The molecule has 0 aliphatic carbocycles. The number of benzene rings is 1. The fraction of sp³-hybridized carbons (Fsp3) is 0.214. The Kier molecular flexibility index (Phi) is 4.34. The molecule has 0 bridgehead atoms. The molecule has 1 N–H and O–H groups in total. The van der Waals surface area contributed by atoms with Crippen molar-refractivity contribution < 1.29 is 4.79 Å². The number of hydrogen-bond acceptors (Lipinski definition) is 3. The fourth-order valence-corrected chi connectivity index (χ4v) is 1.96. The van der Waals surface area contributed by atoms with Crippen molar-refractivity contribution in [2.75, 3.05) is 5.32 Å². The van der Waals surface area contributed by atoms with Crippen molar-refractivity contribution in [3.8, 4) is 0 Å². The molecule has 20 heavy (non-hydrogen) atoms. The van der Waals surface area contributed by atoms with E-state index in [0.29, 0.717) is 11.4 Å². The summed E-state index contributed by atoms with van der Waals surface area (Å²) >= 11 is 3.40. The highest BCUT2D eigenvalue weighted by atomic mass is 79.9. The summed E-state index contributed by atoms with van der Waals surface area (Å²) in [5, 5.41) is 2.75. The molecule has 6 heteroatoms. The molecule has 104 valence electrons. The largest absolute Gasteiger partial charge is 0.325 e. The summed E-state index contributed by atoms with van der Waals surface area (Å²) in [6, 6.07) is 6.92. The molecular weight excluding hydrogens is 322 g/mol. The number of rotatable bonds is 3. The molecule has 0 atom stereocenters.